The van der Waals surface area contributed by atoms with E-state index in [4.69, 9.17) is 14.7 Å². The van der Waals surface area contributed by atoms with E-state index in [1.54, 1.807) is 36.4 Å². The summed E-state index contributed by atoms with van der Waals surface area (Å²) in [7, 11) is 0. The minimum absolute atomic E-state index is 0.261. The van der Waals surface area contributed by atoms with Gasteiger partial charge in [0.1, 0.15) is 17.2 Å². The molecule has 0 saturated carbocycles. The first-order chi connectivity index (χ1) is 12.4. The molecule has 0 aliphatic carbocycles. The standard InChI is InChI=1S/C18H10F3N3O2/c19-18(20,21)16-9-10-23-17(24-16)26-15-7-5-14(6-8-15)25-13-3-1-12(11-22)2-4-13/h1-10H. The summed E-state index contributed by atoms with van der Waals surface area (Å²) in [5.41, 5.74) is -0.564. The molecule has 0 N–H and O–H groups in total. The highest BCUT2D eigenvalue weighted by Gasteiger charge is 2.33. The molecule has 0 saturated heterocycles. The molecule has 5 nitrogen and oxygen atoms in total. The second kappa shape index (κ2) is 7.11. The van der Waals surface area contributed by atoms with Crippen molar-refractivity contribution in [2.24, 2.45) is 0 Å². The van der Waals surface area contributed by atoms with Crippen LogP contribution in [0.15, 0.2) is 60.8 Å². The fourth-order valence-electron chi connectivity index (χ4n) is 1.96. The van der Waals surface area contributed by atoms with Crippen molar-refractivity contribution in [3.63, 3.8) is 0 Å². The first kappa shape index (κ1) is 17.2. The smallest absolute Gasteiger partial charge is 0.433 e. The van der Waals surface area contributed by atoms with Gasteiger partial charge in [-0.15, -0.1) is 0 Å². The third kappa shape index (κ3) is 4.27. The van der Waals surface area contributed by atoms with E-state index in [0.29, 0.717) is 17.1 Å². The van der Waals surface area contributed by atoms with Crippen LogP contribution in [-0.2, 0) is 6.18 Å². The van der Waals surface area contributed by atoms with Crippen LogP contribution in [0.3, 0.4) is 0 Å². The highest BCUT2D eigenvalue weighted by molar-refractivity contribution is 5.39. The first-order valence-corrected chi connectivity index (χ1v) is 7.30. The van der Waals surface area contributed by atoms with Gasteiger partial charge in [0.25, 0.3) is 0 Å². The number of aromatic nitrogens is 2. The second-order valence-corrected chi connectivity index (χ2v) is 5.03. The molecule has 0 fully saturated rings. The maximum Gasteiger partial charge on any atom is 0.433 e. The molecule has 0 unspecified atom stereocenters. The van der Waals surface area contributed by atoms with Crippen LogP contribution in [0, 0.1) is 11.3 Å². The van der Waals surface area contributed by atoms with E-state index >= 15 is 0 Å². The van der Waals surface area contributed by atoms with Gasteiger partial charge in [-0.3, -0.25) is 0 Å². The van der Waals surface area contributed by atoms with Crippen LogP contribution in [0.2, 0.25) is 0 Å². The van der Waals surface area contributed by atoms with Gasteiger partial charge < -0.3 is 9.47 Å². The van der Waals surface area contributed by atoms with Gasteiger partial charge in [-0.2, -0.15) is 23.4 Å². The Morgan fingerprint density at radius 2 is 1.35 bits per heavy atom. The number of rotatable bonds is 4. The molecule has 0 amide bonds. The Bertz CT molecular complexity index is 934. The number of ether oxygens (including phenoxy) is 2. The fraction of sp³-hybridized carbons (Fsp3) is 0.0556. The molecule has 0 aliphatic rings. The van der Waals surface area contributed by atoms with Crippen LogP contribution >= 0.6 is 0 Å². The van der Waals surface area contributed by atoms with Gasteiger partial charge in [0.2, 0.25) is 0 Å². The van der Waals surface area contributed by atoms with Crippen LogP contribution in [0.1, 0.15) is 11.3 Å². The molecule has 3 aromatic rings. The van der Waals surface area contributed by atoms with Crippen molar-refractivity contribution in [2.75, 3.05) is 0 Å². The van der Waals surface area contributed by atoms with Crippen LogP contribution in [0.4, 0.5) is 13.2 Å². The highest BCUT2D eigenvalue weighted by atomic mass is 19.4. The molecule has 2 aromatic carbocycles. The fourth-order valence-corrected chi connectivity index (χ4v) is 1.96. The van der Waals surface area contributed by atoms with Crippen molar-refractivity contribution in [3.8, 4) is 29.3 Å². The number of nitriles is 1. The first-order valence-electron chi connectivity index (χ1n) is 7.30. The lowest BCUT2D eigenvalue weighted by Crippen LogP contribution is -2.08. The van der Waals surface area contributed by atoms with E-state index in [1.807, 2.05) is 6.07 Å². The number of benzene rings is 2. The summed E-state index contributed by atoms with van der Waals surface area (Å²) in [6.07, 6.45) is -3.59. The van der Waals surface area contributed by atoms with Gasteiger partial charge in [0.05, 0.1) is 11.6 Å². The van der Waals surface area contributed by atoms with Crippen LogP contribution in [-0.4, -0.2) is 9.97 Å². The summed E-state index contributed by atoms with van der Waals surface area (Å²) in [6, 6.07) is 15.1. The largest absolute Gasteiger partial charge is 0.457 e. The SMILES string of the molecule is N#Cc1ccc(Oc2ccc(Oc3nccc(C(F)(F)F)n3)cc2)cc1. The molecule has 1 aromatic heterocycles. The summed E-state index contributed by atoms with van der Waals surface area (Å²) in [5, 5.41) is 8.75. The number of hydrogen-bond donors (Lipinski definition) is 0. The lowest BCUT2D eigenvalue weighted by molar-refractivity contribution is -0.141. The monoisotopic (exact) mass is 357 g/mol. The zero-order valence-electron chi connectivity index (χ0n) is 13.1. The summed E-state index contributed by atoms with van der Waals surface area (Å²) in [4.78, 5) is 6.99. The number of halogens is 3. The van der Waals surface area contributed by atoms with Crippen LogP contribution in [0.25, 0.3) is 0 Å². The molecule has 26 heavy (non-hydrogen) atoms. The Morgan fingerprint density at radius 1 is 0.808 bits per heavy atom. The Hall–Kier alpha value is -3.60. The van der Waals surface area contributed by atoms with E-state index in [1.165, 1.54) is 12.1 Å². The van der Waals surface area contributed by atoms with E-state index < -0.39 is 17.9 Å². The predicted molar refractivity (Wildman–Crippen MR) is 84.8 cm³/mol. The van der Waals surface area contributed by atoms with E-state index in [0.717, 1.165) is 12.3 Å². The van der Waals surface area contributed by atoms with Crippen molar-refractivity contribution in [1.82, 2.24) is 9.97 Å². The molecular formula is C18H10F3N3O2. The highest BCUT2D eigenvalue weighted by Crippen LogP contribution is 2.29. The normalized spacial score (nSPS) is 10.8. The summed E-state index contributed by atoms with van der Waals surface area (Å²) < 4.78 is 48.7. The van der Waals surface area contributed by atoms with E-state index in [9.17, 15) is 13.2 Å². The quantitative estimate of drug-likeness (QED) is 0.661. The Labute approximate surface area is 146 Å². The minimum atomic E-state index is -4.57. The van der Waals surface area contributed by atoms with Gasteiger partial charge in [-0.1, -0.05) is 0 Å². The lowest BCUT2D eigenvalue weighted by Gasteiger charge is -2.09. The molecule has 1 heterocycles. The molecule has 0 radical (unpaired) electrons. The van der Waals surface area contributed by atoms with Crippen molar-refractivity contribution in [2.45, 2.75) is 6.18 Å². The molecule has 0 bridgehead atoms. The van der Waals surface area contributed by atoms with Gasteiger partial charge in [-0.05, 0) is 54.6 Å². The number of hydrogen-bond acceptors (Lipinski definition) is 5. The third-order valence-corrected chi connectivity index (χ3v) is 3.18. The maximum absolute atomic E-state index is 12.6. The lowest BCUT2D eigenvalue weighted by atomic mass is 10.2. The molecule has 0 aliphatic heterocycles. The van der Waals surface area contributed by atoms with Crippen LogP contribution < -0.4 is 9.47 Å². The van der Waals surface area contributed by atoms with Crippen molar-refractivity contribution >= 4 is 0 Å². The molecule has 130 valence electrons. The van der Waals surface area contributed by atoms with Gasteiger partial charge in [0, 0.05) is 6.20 Å². The Kier molecular flexibility index (Phi) is 4.71. The van der Waals surface area contributed by atoms with E-state index in [2.05, 4.69) is 9.97 Å². The molecule has 8 heteroatoms. The van der Waals surface area contributed by atoms with Crippen LogP contribution in [0.5, 0.6) is 23.3 Å². The average Bonchev–Trinajstić information content (AvgIpc) is 2.63. The van der Waals surface area contributed by atoms with Crippen molar-refractivity contribution < 1.29 is 22.6 Å². The summed E-state index contributed by atoms with van der Waals surface area (Å²) in [6.45, 7) is 0. The molecule has 3 rings (SSSR count). The van der Waals surface area contributed by atoms with Gasteiger partial charge in [0.15, 0.2) is 5.69 Å². The topological polar surface area (TPSA) is 68.0 Å². The predicted octanol–water partition coefficient (Wildman–Crippen LogP) is 4.95. The van der Waals surface area contributed by atoms with Gasteiger partial charge in [-0.25, -0.2) is 4.98 Å². The summed E-state index contributed by atoms with van der Waals surface area (Å²) in [5.74, 6) is 1.29. The number of nitrogens with zero attached hydrogens (tertiary/aromatic N) is 3. The Balaban J connectivity index is 1.69. The third-order valence-electron chi connectivity index (χ3n) is 3.18. The Morgan fingerprint density at radius 3 is 1.88 bits per heavy atom. The number of alkyl halides is 3. The molecular weight excluding hydrogens is 347 g/mol. The van der Waals surface area contributed by atoms with Crippen molar-refractivity contribution in [1.29, 1.82) is 5.26 Å². The zero-order chi connectivity index (χ0) is 18.6. The van der Waals surface area contributed by atoms with Gasteiger partial charge >= 0.3 is 12.2 Å². The average molecular weight is 357 g/mol. The second-order valence-electron chi connectivity index (χ2n) is 5.03. The van der Waals surface area contributed by atoms with E-state index in [-0.39, 0.29) is 5.75 Å². The minimum Gasteiger partial charge on any atom is -0.457 e. The molecule has 0 spiro atoms. The zero-order valence-corrected chi connectivity index (χ0v) is 13.1. The summed E-state index contributed by atoms with van der Waals surface area (Å²) >= 11 is 0. The molecule has 0 atom stereocenters. The maximum atomic E-state index is 12.6. The van der Waals surface area contributed by atoms with Crippen molar-refractivity contribution in [3.05, 3.63) is 72.1 Å².